The minimum Gasteiger partial charge on any atom is -0.341 e. The van der Waals surface area contributed by atoms with Crippen LogP contribution in [0.2, 0.25) is 0 Å². The number of amides is 1. The molecule has 14 heavy (non-hydrogen) atoms. The molecule has 1 N–H and O–H groups in total. The average Bonchev–Trinajstić information content (AvgIpc) is 2.10. The topological polar surface area (TPSA) is 32.3 Å². The van der Waals surface area contributed by atoms with Gasteiger partial charge < -0.3 is 10.2 Å². The highest BCUT2D eigenvalue weighted by molar-refractivity contribution is 5.79. The summed E-state index contributed by atoms with van der Waals surface area (Å²) < 4.78 is 0. The van der Waals surface area contributed by atoms with Gasteiger partial charge in [-0.05, 0) is 34.2 Å². The highest BCUT2D eigenvalue weighted by atomic mass is 16.2. The molecule has 0 aromatic rings. The van der Waals surface area contributed by atoms with Crippen molar-refractivity contribution in [1.29, 1.82) is 0 Å². The minimum atomic E-state index is -0.0851. The normalized spacial score (nSPS) is 13.9. The van der Waals surface area contributed by atoms with Gasteiger partial charge in [0.05, 0.1) is 5.92 Å². The van der Waals surface area contributed by atoms with E-state index in [1.807, 2.05) is 19.0 Å². The van der Waals surface area contributed by atoms with Crippen LogP contribution in [0.4, 0.5) is 0 Å². The standard InChI is InChI=1S/C11H24N2O/c1-7-9(8-12-5)10(14)13(6)11(2,3)4/h9,12H,7-8H2,1-6H3. The lowest BCUT2D eigenvalue weighted by Crippen LogP contribution is -2.47. The van der Waals surface area contributed by atoms with Crippen LogP contribution in [0.3, 0.4) is 0 Å². The Kier molecular flexibility index (Phi) is 5.13. The van der Waals surface area contributed by atoms with Crippen LogP contribution in [0.25, 0.3) is 0 Å². The maximum atomic E-state index is 12.0. The Morgan fingerprint density at radius 1 is 1.43 bits per heavy atom. The van der Waals surface area contributed by atoms with Crippen molar-refractivity contribution in [2.45, 2.75) is 39.7 Å². The summed E-state index contributed by atoms with van der Waals surface area (Å²) in [6.45, 7) is 8.97. The fourth-order valence-corrected chi connectivity index (χ4v) is 1.26. The van der Waals surface area contributed by atoms with Crippen molar-refractivity contribution in [1.82, 2.24) is 10.2 Å². The van der Waals surface area contributed by atoms with E-state index in [1.165, 1.54) is 0 Å². The molecule has 0 aliphatic heterocycles. The molecule has 0 aromatic heterocycles. The fraction of sp³-hybridized carbons (Fsp3) is 0.909. The van der Waals surface area contributed by atoms with Crippen molar-refractivity contribution in [2.24, 2.45) is 5.92 Å². The monoisotopic (exact) mass is 200 g/mol. The molecule has 0 saturated carbocycles. The molecule has 3 nitrogen and oxygen atoms in total. The lowest BCUT2D eigenvalue weighted by atomic mass is 10.0. The zero-order chi connectivity index (χ0) is 11.4. The molecule has 1 atom stereocenters. The first-order valence-corrected chi connectivity index (χ1v) is 5.26. The third-order valence-electron chi connectivity index (χ3n) is 2.63. The van der Waals surface area contributed by atoms with Gasteiger partial charge >= 0.3 is 0 Å². The summed E-state index contributed by atoms with van der Waals surface area (Å²) in [7, 11) is 3.76. The molecule has 0 heterocycles. The molecule has 0 bridgehead atoms. The van der Waals surface area contributed by atoms with Gasteiger partial charge in [0.2, 0.25) is 5.91 Å². The Balaban J connectivity index is 4.42. The Hall–Kier alpha value is -0.570. The van der Waals surface area contributed by atoms with Crippen molar-refractivity contribution in [3.63, 3.8) is 0 Å². The predicted molar refractivity (Wildman–Crippen MR) is 60.2 cm³/mol. The van der Waals surface area contributed by atoms with Gasteiger partial charge in [-0.15, -0.1) is 0 Å². The number of nitrogens with zero attached hydrogens (tertiary/aromatic N) is 1. The quantitative estimate of drug-likeness (QED) is 0.745. The molecule has 84 valence electrons. The lowest BCUT2D eigenvalue weighted by Gasteiger charge is -2.34. The highest BCUT2D eigenvalue weighted by Crippen LogP contribution is 2.15. The fourth-order valence-electron chi connectivity index (χ4n) is 1.26. The molecule has 0 fully saturated rings. The molecule has 0 radical (unpaired) electrons. The van der Waals surface area contributed by atoms with Crippen LogP contribution < -0.4 is 5.32 Å². The van der Waals surface area contributed by atoms with Gasteiger partial charge in [-0.2, -0.15) is 0 Å². The van der Waals surface area contributed by atoms with Crippen molar-refractivity contribution in [3.05, 3.63) is 0 Å². The second kappa shape index (κ2) is 5.35. The maximum absolute atomic E-state index is 12.0. The van der Waals surface area contributed by atoms with Crippen molar-refractivity contribution in [3.8, 4) is 0 Å². The predicted octanol–water partition coefficient (Wildman–Crippen LogP) is 1.49. The molecule has 1 unspecified atom stereocenters. The van der Waals surface area contributed by atoms with Gasteiger partial charge in [0, 0.05) is 19.1 Å². The summed E-state index contributed by atoms with van der Waals surface area (Å²) in [6.07, 6.45) is 0.889. The van der Waals surface area contributed by atoms with E-state index >= 15 is 0 Å². The molecule has 0 aliphatic carbocycles. The molecule has 0 aromatic carbocycles. The third-order valence-corrected chi connectivity index (χ3v) is 2.63. The Labute approximate surface area is 87.9 Å². The Bertz CT molecular complexity index is 184. The van der Waals surface area contributed by atoms with Gasteiger partial charge in [-0.3, -0.25) is 4.79 Å². The molecule has 0 rings (SSSR count). The number of rotatable bonds is 4. The molecule has 3 heteroatoms. The summed E-state index contributed by atoms with van der Waals surface area (Å²) in [5, 5.41) is 3.06. The van der Waals surface area contributed by atoms with E-state index < -0.39 is 0 Å². The summed E-state index contributed by atoms with van der Waals surface area (Å²) in [4.78, 5) is 13.8. The zero-order valence-electron chi connectivity index (χ0n) is 10.3. The number of hydrogen-bond acceptors (Lipinski definition) is 2. The number of carbonyl (C=O) groups is 1. The van der Waals surface area contributed by atoms with E-state index in [0.717, 1.165) is 13.0 Å². The Morgan fingerprint density at radius 3 is 2.21 bits per heavy atom. The van der Waals surface area contributed by atoms with Gasteiger partial charge in [0.25, 0.3) is 0 Å². The van der Waals surface area contributed by atoms with Crippen molar-refractivity contribution in [2.75, 3.05) is 20.6 Å². The zero-order valence-corrected chi connectivity index (χ0v) is 10.3. The molecule has 0 aliphatic rings. The molecular formula is C11H24N2O. The highest BCUT2D eigenvalue weighted by Gasteiger charge is 2.27. The van der Waals surface area contributed by atoms with E-state index in [1.54, 1.807) is 0 Å². The Morgan fingerprint density at radius 2 is 1.93 bits per heavy atom. The van der Waals surface area contributed by atoms with Gasteiger partial charge in [0.1, 0.15) is 0 Å². The minimum absolute atomic E-state index is 0.0851. The summed E-state index contributed by atoms with van der Waals surface area (Å²) in [5.74, 6) is 0.332. The molecule has 1 amide bonds. The van der Waals surface area contributed by atoms with E-state index in [4.69, 9.17) is 0 Å². The largest absolute Gasteiger partial charge is 0.341 e. The van der Waals surface area contributed by atoms with Gasteiger partial charge in [-0.1, -0.05) is 6.92 Å². The van der Waals surface area contributed by atoms with Crippen LogP contribution in [0, 0.1) is 5.92 Å². The number of carbonyl (C=O) groups excluding carboxylic acids is 1. The van der Waals surface area contributed by atoms with Crippen LogP contribution >= 0.6 is 0 Å². The lowest BCUT2D eigenvalue weighted by molar-refractivity contribution is -0.138. The second-order valence-corrected chi connectivity index (χ2v) is 4.73. The van der Waals surface area contributed by atoms with Gasteiger partial charge in [0.15, 0.2) is 0 Å². The van der Waals surface area contributed by atoms with E-state index in [0.29, 0.717) is 0 Å². The summed E-state index contributed by atoms with van der Waals surface area (Å²) >= 11 is 0. The van der Waals surface area contributed by atoms with Crippen LogP contribution in [-0.4, -0.2) is 37.0 Å². The number of hydrogen-bond donors (Lipinski definition) is 1. The second-order valence-electron chi connectivity index (χ2n) is 4.73. The smallest absolute Gasteiger partial charge is 0.227 e. The first-order valence-electron chi connectivity index (χ1n) is 5.26. The number of nitrogens with one attached hydrogen (secondary N) is 1. The summed E-state index contributed by atoms with van der Waals surface area (Å²) in [5.41, 5.74) is -0.0851. The van der Waals surface area contributed by atoms with E-state index in [-0.39, 0.29) is 17.4 Å². The van der Waals surface area contributed by atoms with Crippen molar-refractivity contribution >= 4 is 5.91 Å². The van der Waals surface area contributed by atoms with Crippen LogP contribution in [0.15, 0.2) is 0 Å². The van der Waals surface area contributed by atoms with Gasteiger partial charge in [-0.25, -0.2) is 0 Å². The van der Waals surface area contributed by atoms with Crippen molar-refractivity contribution < 1.29 is 4.79 Å². The van der Waals surface area contributed by atoms with Crippen LogP contribution in [0.5, 0.6) is 0 Å². The third kappa shape index (κ3) is 3.66. The van der Waals surface area contributed by atoms with E-state index in [2.05, 4.69) is 33.0 Å². The first kappa shape index (κ1) is 13.4. The first-order chi connectivity index (χ1) is 6.34. The molecule has 0 spiro atoms. The molecular weight excluding hydrogens is 176 g/mol. The maximum Gasteiger partial charge on any atom is 0.227 e. The van der Waals surface area contributed by atoms with Crippen LogP contribution in [0.1, 0.15) is 34.1 Å². The molecule has 0 saturated heterocycles. The van der Waals surface area contributed by atoms with E-state index in [9.17, 15) is 4.79 Å². The summed E-state index contributed by atoms with van der Waals surface area (Å²) in [6, 6.07) is 0. The average molecular weight is 200 g/mol. The van der Waals surface area contributed by atoms with Crippen LogP contribution in [-0.2, 0) is 4.79 Å². The SMILES string of the molecule is CCC(CNC)C(=O)N(C)C(C)(C)C.